The molecule has 0 spiro atoms. The molecule has 14 heavy (non-hydrogen) atoms. The van der Waals surface area contributed by atoms with Gasteiger partial charge in [0.2, 0.25) is 0 Å². The van der Waals surface area contributed by atoms with Crippen LogP contribution in [0.2, 0.25) is 0 Å². The molecule has 2 atom stereocenters. The van der Waals surface area contributed by atoms with Crippen molar-refractivity contribution in [2.45, 2.75) is 40.0 Å². The van der Waals surface area contributed by atoms with Crippen molar-refractivity contribution >= 4 is 5.97 Å². The Morgan fingerprint density at radius 1 is 1.36 bits per heavy atom. The number of aliphatic hydroxyl groups is 1. The number of aliphatic hydroxyl groups excluding tert-OH is 1. The SMILES string of the molecule is CCC(CC(=O)O)CC(CO)C(C)C. The summed E-state index contributed by atoms with van der Waals surface area (Å²) < 4.78 is 0. The van der Waals surface area contributed by atoms with Crippen LogP contribution in [-0.2, 0) is 4.79 Å². The molecule has 0 amide bonds. The molecule has 0 fully saturated rings. The molecular formula is C11H22O3. The smallest absolute Gasteiger partial charge is 0.303 e. The minimum Gasteiger partial charge on any atom is -0.481 e. The fraction of sp³-hybridized carbons (Fsp3) is 0.909. The normalized spacial score (nSPS) is 15.5. The van der Waals surface area contributed by atoms with Gasteiger partial charge in [0.1, 0.15) is 0 Å². The second-order valence-corrected chi connectivity index (χ2v) is 4.29. The summed E-state index contributed by atoms with van der Waals surface area (Å²) in [5.41, 5.74) is 0. The van der Waals surface area contributed by atoms with Crippen LogP contribution in [0, 0.1) is 17.8 Å². The van der Waals surface area contributed by atoms with Gasteiger partial charge in [0.05, 0.1) is 0 Å². The third kappa shape index (κ3) is 5.22. The van der Waals surface area contributed by atoms with Gasteiger partial charge in [-0.2, -0.15) is 0 Å². The minimum absolute atomic E-state index is 0.161. The van der Waals surface area contributed by atoms with Gasteiger partial charge in [0, 0.05) is 13.0 Å². The Kier molecular flexibility index (Phi) is 6.54. The largest absolute Gasteiger partial charge is 0.481 e. The molecule has 3 heteroatoms. The molecule has 0 saturated carbocycles. The molecule has 2 unspecified atom stereocenters. The fourth-order valence-electron chi connectivity index (χ4n) is 1.63. The van der Waals surface area contributed by atoms with E-state index in [4.69, 9.17) is 10.2 Å². The zero-order valence-corrected chi connectivity index (χ0v) is 9.36. The van der Waals surface area contributed by atoms with E-state index >= 15 is 0 Å². The van der Waals surface area contributed by atoms with E-state index in [1.54, 1.807) is 0 Å². The molecule has 0 aliphatic carbocycles. The van der Waals surface area contributed by atoms with E-state index in [9.17, 15) is 4.79 Å². The lowest BCUT2D eigenvalue weighted by Crippen LogP contribution is -2.19. The van der Waals surface area contributed by atoms with Gasteiger partial charge in [0.15, 0.2) is 0 Å². The summed E-state index contributed by atoms with van der Waals surface area (Å²) in [5, 5.41) is 17.8. The van der Waals surface area contributed by atoms with Crippen LogP contribution in [0.3, 0.4) is 0 Å². The number of carboxylic acid groups (broad SMARTS) is 1. The highest BCUT2D eigenvalue weighted by Gasteiger charge is 2.19. The lowest BCUT2D eigenvalue weighted by molar-refractivity contribution is -0.138. The molecule has 0 rings (SSSR count). The molecule has 3 nitrogen and oxygen atoms in total. The van der Waals surface area contributed by atoms with Gasteiger partial charge in [-0.15, -0.1) is 0 Å². The van der Waals surface area contributed by atoms with E-state index < -0.39 is 5.97 Å². The quantitative estimate of drug-likeness (QED) is 0.665. The predicted octanol–water partition coefficient (Wildman–Crippen LogP) is 2.14. The summed E-state index contributed by atoms with van der Waals surface area (Å²) in [6.07, 6.45) is 1.91. The second kappa shape index (κ2) is 6.82. The van der Waals surface area contributed by atoms with Gasteiger partial charge in [-0.25, -0.2) is 0 Å². The maximum atomic E-state index is 10.5. The maximum absolute atomic E-state index is 10.5. The average Bonchev–Trinajstić information content (AvgIpc) is 2.10. The third-order valence-electron chi connectivity index (χ3n) is 2.85. The van der Waals surface area contributed by atoms with E-state index in [1.165, 1.54) is 0 Å². The number of carbonyl (C=O) groups is 1. The average molecular weight is 202 g/mol. The topological polar surface area (TPSA) is 57.5 Å². The van der Waals surface area contributed by atoms with E-state index in [-0.39, 0.29) is 24.9 Å². The van der Waals surface area contributed by atoms with Crippen molar-refractivity contribution in [1.82, 2.24) is 0 Å². The van der Waals surface area contributed by atoms with Crippen LogP contribution in [0.25, 0.3) is 0 Å². The summed E-state index contributed by atoms with van der Waals surface area (Å²) in [6.45, 7) is 6.29. The predicted molar refractivity (Wildman–Crippen MR) is 56.1 cm³/mol. The lowest BCUT2D eigenvalue weighted by atomic mass is 9.84. The highest BCUT2D eigenvalue weighted by molar-refractivity contribution is 5.66. The fourth-order valence-corrected chi connectivity index (χ4v) is 1.63. The first-order valence-corrected chi connectivity index (χ1v) is 5.33. The molecule has 0 aromatic rings. The van der Waals surface area contributed by atoms with Crippen molar-refractivity contribution in [2.24, 2.45) is 17.8 Å². The van der Waals surface area contributed by atoms with Gasteiger partial charge in [0.25, 0.3) is 0 Å². The van der Waals surface area contributed by atoms with Crippen LogP contribution in [0.5, 0.6) is 0 Å². The summed E-state index contributed by atoms with van der Waals surface area (Å²) in [4.78, 5) is 10.5. The first-order chi connectivity index (χ1) is 6.51. The van der Waals surface area contributed by atoms with Gasteiger partial charge in [-0.1, -0.05) is 27.2 Å². The Hall–Kier alpha value is -0.570. The minimum atomic E-state index is -0.739. The van der Waals surface area contributed by atoms with Crippen LogP contribution in [0.4, 0.5) is 0 Å². The summed E-state index contributed by atoms with van der Waals surface area (Å²) in [5.74, 6) is 0.117. The van der Waals surface area contributed by atoms with E-state index in [1.807, 2.05) is 6.92 Å². The molecule has 84 valence electrons. The molecular weight excluding hydrogens is 180 g/mol. The molecule has 0 aromatic heterocycles. The van der Waals surface area contributed by atoms with Gasteiger partial charge in [-0.3, -0.25) is 4.79 Å². The third-order valence-corrected chi connectivity index (χ3v) is 2.85. The van der Waals surface area contributed by atoms with Gasteiger partial charge >= 0.3 is 5.97 Å². The summed E-state index contributed by atoms with van der Waals surface area (Å²) >= 11 is 0. The van der Waals surface area contributed by atoms with Crippen LogP contribution in [0.1, 0.15) is 40.0 Å². The monoisotopic (exact) mass is 202 g/mol. The number of hydrogen-bond acceptors (Lipinski definition) is 2. The molecule has 0 bridgehead atoms. The second-order valence-electron chi connectivity index (χ2n) is 4.29. The maximum Gasteiger partial charge on any atom is 0.303 e. The Balaban J connectivity index is 4.07. The Morgan fingerprint density at radius 3 is 2.21 bits per heavy atom. The first kappa shape index (κ1) is 13.4. The van der Waals surface area contributed by atoms with Crippen molar-refractivity contribution < 1.29 is 15.0 Å². The first-order valence-electron chi connectivity index (χ1n) is 5.33. The molecule has 0 aliphatic heterocycles. The van der Waals surface area contributed by atoms with E-state index in [2.05, 4.69) is 13.8 Å². The van der Waals surface area contributed by atoms with Crippen molar-refractivity contribution in [3.63, 3.8) is 0 Å². The van der Waals surface area contributed by atoms with Crippen molar-refractivity contribution in [2.75, 3.05) is 6.61 Å². The van der Waals surface area contributed by atoms with Crippen molar-refractivity contribution in [1.29, 1.82) is 0 Å². The Labute approximate surface area is 86.1 Å². The van der Waals surface area contributed by atoms with Crippen molar-refractivity contribution in [3.8, 4) is 0 Å². The molecule has 0 heterocycles. The molecule has 0 aliphatic rings. The van der Waals surface area contributed by atoms with Crippen LogP contribution in [0.15, 0.2) is 0 Å². The van der Waals surface area contributed by atoms with Crippen LogP contribution < -0.4 is 0 Å². The standard InChI is InChI=1S/C11H22O3/c1-4-9(6-11(13)14)5-10(7-12)8(2)3/h8-10,12H,4-7H2,1-3H3,(H,13,14). The Morgan fingerprint density at radius 2 is 1.93 bits per heavy atom. The van der Waals surface area contributed by atoms with Crippen molar-refractivity contribution in [3.05, 3.63) is 0 Å². The highest BCUT2D eigenvalue weighted by atomic mass is 16.4. The highest BCUT2D eigenvalue weighted by Crippen LogP contribution is 2.24. The zero-order chi connectivity index (χ0) is 11.1. The Bertz CT molecular complexity index is 166. The van der Waals surface area contributed by atoms with Crippen LogP contribution >= 0.6 is 0 Å². The van der Waals surface area contributed by atoms with Gasteiger partial charge in [-0.05, 0) is 24.2 Å². The van der Waals surface area contributed by atoms with E-state index in [0.717, 1.165) is 12.8 Å². The number of rotatable bonds is 7. The van der Waals surface area contributed by atoms with Gasteiger partial charge < -0.3 is 10.2 Å². The van der Waals surface area contributed by atoms with Crippen LogP contribution in [-0.4, -0.2) is 22.8 Å². The molecule has 0 radical (unpaired) electrons. The molecule has 0 aromatic carbocycles. The number of hydrogen-bond donors (Lipinski definition) is 2. The lowest BCUT2D eigenvalue weighted by Gasteiger charge is -2.22. The number of aliphatic carboxylic acids is 1. The van der Waals surface area contributed by atoms with E-state index in [0.29, 0.717) is 5.92 Å². The molecule has 2 N–H and O–H groups in total. The summed E-state index contributed by atoms with van der Waals surface area (Å²) in [7, 11) is 0. The molecule has 0 saturated heterocycles. The zero-order valence-electron chi connectivity index (χ0n) is 9.36. The number of carboxylic acids is 1. The summed E-state index contributed by atoms with van der Waals surface area (Å²) in [6, 6.07) is 0.